The van der Waals surface area contributed by atoms with Crippen LogP contribution in [-0.2, 0) is 14.4 Å². The Kier molecular flexibility index (Phi) is 15.5. The standard InChI is InChI=1S/C10H13BrO.C6H13N3O3.C2H5NO2/c1-6(2)8-5-4-7(3)9(11)10(8)12;1-4(7)9-12-3-2-5(8)6(10)11;3-1-2(4)5/h4-6,12H,1-3H3;5H,2-3,8H2,1H3,(H2,7,9)(H,10,11);1,3H2,(H,4,5). The predicted molar refractivity (Wildman–Crippen MR) is 115 cm³/mol. The molecule has 1 rings (SSSR count). The first-order chi connectivity index (χ1) is 13.3. The molecule has 1 aromatic rings. The number of nitrogens with zero attached hydrogens (tertiary/aromatic N) is 1. The molecule has 0 aliphatic carbocycles. The smallest absolute Gasteiger partial charge is 0.320 e. The normalized spacial score (nSPS) is 11.5. The van der Waals surface area contributed by atoms with Crippen LogP contribution in [-0.4, -0.2) is 52.3 Å². The van der Waals surface area contributed by atoms with Crippen LogP contribution >= 0.6 is 15.9 Å². The number of benzene rings is 1. The molecule has 11 heteroatoms. The molecule has 29 heavy (non-hydrogen) atoms. The van der Waals surface area contributed by atoms with Crippen LogP contribution in [0.3, 0.4) is 0 Å². The number of aliphatic carboxylic acids is 2. The van der Waals surface area contributed by atoms with E-state index in [0.29, 0.717) is 17.5 Å². The Morgan fingerprint density at radius 3 is 2.17 bits per heavy atom. The van der Waals surface area contributed by atoms with Gasteiger partial charge in [0.1, 0.15) is 24.2 Å². The number of hydrogen-bond donors (Lipinski definition) is 6. The first kappa shape index (κ1) is 28.8. The van der Waals surface area contributed by atoms with Crippen molar-refractivity contribution in [2.24, 2.45) is 22.4 Å². The lowest BCUT2D eigenvalue weighted by Crippen LogP contribution is -2.31. The maximum absolute atomic E-state index is 10.2. The molecule has 0 bridgehead atoms. The summed E-state index contributed by atoms with van der Waals surface area (Å²) in [5.74, 6) is -0.983. The molecule has 0 spiro atoms. The minimum Gasteiger partial charge on any atom is -0.506 e. The number of oxime groups is 1. The highest BCUT2D eigenvalue weighted by Gasteiger charge is 2.10. The van der Waals surface area contributed by atoms with Gasteiger partial charge in [0.2, 0.25) is 0 Å². The van der Waals surface area contributed by atoms with Gasteiger partial charge in [0, 0.05) is 6.42 Å². The minimum absolute atomic E-state index is 0.155. The van der Waals surface area contributed by atoms with E-state index in [1.165, 1.54) is 0 Å². The van der Waals surface area contributed by atoms with Gasteiger partial charge in [-0.2, -0.15) is 0 Å². The van der Waals surface area contributed by atoms with Gasteiger partial charge in [-0.1, -0.05) is 31.1 Å². The lowest BCUT2D eigenvalue weighted by atomic mass is 10.0. The Balaban J connectivity index is 0. The van der Waals surface area contributed by atoms with Crippen molar-refractivity contribution in [2.75, 3.05) is 13.2 Å². The molecule has 9 N–H and O–H groups in total. The van der Waals surface area contributed by atoms with Crippen LogP contribution < -0.4 is 17.2 Å². The quantitative estimate of drug-likeness (QED) is 0.146. The SMILES string of the molecule is CC(N)=NOCCC(N)C(=O)O.Cc1ccc(C(C)C)c(O)c1Br.NCC(=O)O. The van der Waals surface area contributed by atoms with E-state index < -0.39 is 18.0 Å². The van der Waals surface area contributed by atoms with Gasteiger partial charge in [-0.3, -0.25) is 9.59 Å². The summed E-state index contributed by atoms with van der Waals surface area (Å²) in [6.45, 7) is 7.54. The lowest BCUT2D eigenvalue weighted by Gasteiger charge is -2.10. The highest BCUT2D eigenvalue weighted by molar-refractivity contribution is 9.10. The molecule has 0 fully saturated rings. The fourth-order valence-electron chi connectivity index (χ4n) is 1.60. The second kappa shape index (κ2) is 15.5. The topological polar surface area (TPSA) is 194 Å². The fraction of sp³-hybridized carbons (Fsp3) is 0.500. The van der Waals surface area contributed by atoms with E-state index in [9.17, 15) is 14.7 Å². The first-order valence-corrected chi connectivity index (χ1v) is 9.44. The molecule has 0 heterocycles. The molecule has 0 radical (unpaired) electrons. The lowest BCUT2D eigenvalue weighted by molar-refractivity contribution is -0.139. The highest BCUT2D eigenvalue weighted by Crippen LogP contribution is 2.34. The summed E-state index contributed by atoms with van der Waals surface area (Å²) in [5.41, 5.74) is 17.0. The Hall–Kier alpha value is -2.37. The largest absolute Gasteiger partial charge is 0.506 e. The minimum atomic E-state index is -1.05. The molecule has 1 aromatic carbocycles. The van der Waals surface area contributed by atoms with E-state index in [4.69, 9.17) is 21.7 Å². The summed E-state index contributed by atoms with van der Waals surface area (Å²) >= 11 is 3.35. The Morgan fingerprint density at radius 2 is 1.79 bits per heavy atom. The van der Waals surface area contributed by atoms with Crippen molar-refractivity contribution < 1.29 is 29.7 Å². The number of nitrogens with two attached hydrogens (primary N) is 3. The van der Waals surface area contributed by atoms with Crippen molar-refractivity contribution in [2.45, 2.75) is 46.1 Å². The summed E-state index contributed by atoms with van der Waals surface area (Å²) in [7, 11) is 0. The number of halogens is 1. The molecule has 0 aliphatic heterocycles. The van der Waals surface area contributed by atoms with Crippen LogP contribution in [0.2, 0.25) is 0 Å². The van der Waals surface area contributed by atoms with Gasteiger partial charge in [0.15, 0.2) is 0 Å². The van der Waals surface area contributed by atoms with Crippen molar-refractivity contribution >= 4 is 33.7 Å². The molecule has 1 atom stereocenters. The van der Waals surface area contributed by atoms with E-state index in [1.807, 2.05) is 19.1 Å². The number of carbonyl (C=O) groups is 2. The maximum atomic E-state index is 10.2. The molecule has 1 unspecified atom stereocenters. The summed E-state index contributed by atoms with van der Waals surface area (Å²) in [5, 5.41) is 29.1. The Morgan fingerprint density at radius 1 is 1.28 bits per heavy atom. The van der Waals surface area contributed by atoms with Gasteiger partial charge in [0.25, 0.3) is 0 Å². The van der Waals surface area contributed by atoms with Crippen LogP contribution in [0, 0.1) is 6.92 Å². The molecule has 0 aromatic heterocycles. The maximum Gasteiger partial charge on any atom is 0.320 e. The molecule has 0 aliphatic rings. The summed E-state index contributed by atoms with van der Waals surface area (Å²) < 4.78 is 0.814. The van der Waals surface area contributed by atoms with Gasteiger partial charge >= 0.3 is 11.9 Å². The average molecular weight is 479 g/mol. The van der Waals surface area contributed by atoms with Gasteiger partial charge < -0.3 is 37.4 Å². The summed E-state index contributed by atoms with van der Waals surface area (Å²) in [6.07, 6.45) is 0.214. The van der Waals surface area contributed by atoms with Gasteiger partial charge in [-0.05, 0) is 46.8 Å². The zero-order valence-electron chi connectivity index (χ0n) is 17.1. The molecule has 166 valence electrons. The van der Waals surface area contributed by atoms with Crippen LogP contribution in [0.15, 0.2) is 21.8 Å². The number of carboxylic acids is 2. The molecule has 0 saturated heterocycles. The zero-order valence-corrected chi connectivity index (χ0v) is 18.6. The highest BCUT2D eigenvalue weighted by atomic mass is 79.9. The number of phenols is 1. The molecule has 0 saturated carbocycles. The van der Waals surface area contributed by atoms with Crippen LogP contribution in [0.1, 0.15) is 44.2 Å². The molecule has 0 amide bonds. The van der Waals surface area contributed by atoms with Gasteiger partial charge in [-0.25, -0.2) is 0 Å². The van der Waals surface area contributed by atoms with Crippen molar-refractivity contribution in [1.82, 2.24) is 0 Å². The van der Waals surface area contributed by atoms with Gasteiger partial charge in [0.05, 0.1) is 11.0 Å². The van der Waals surface area contributed by atoms with Crippen molar-refractivity contribution in [3.8, 4) is 5.75 Å². The van der Waals surface area contributed by atoms with Crippen molar-refractivity contribution in [3.05, 3.63) is 27.7 Å². The summed E-state index contributed by atoms with van der Waals surface area (Å²) in [4.78, 5) is 24.1. The Bertz CT molecular complexity index is 679. The van der Waals surface area contributed by atoms with Crippen LogP contribution in [0.5, 0.6) is 5.75 Å². The van der Waals surface area contributed by atoms with Crippen molar-refractivity contribution in [3.63, 3.8) is 0 Å². The van der Waals surface area contributed by atoms with E-state index in [0.717, 1.165) is 15.6 Å². The number of hydrogen-bond acceptors (Lipinski definition) is 7. The second-order valence-electron chi connectivity index (χ2n) is 6.19. The molecule has 10 nitrogen and oxygen atoms in total. The third kappa shape index (κ3) is 14.3. The third-order valence-corrected chi connectivity index (χ3v) is 4.18. The summed E-state index contributed by atoms with van der Waals surface area (Å²) in [6, 6.07) is 3.08. The third-order valence-electron chi connectivity index (χ3n) is 3.18. The number of carboxylic acid groups (broad SMARTS) is 2. The second-order valence-corrected chi connectivity index (χ2v) is 6.98. The van der Waals surface area contributed by atoms with E-state index in [-0.39, 0.29) is 19.6 Å². The molecular weight excluding hydrogens is 448 g/mol. The van der Waals surface area contributed by atoms with E-state index in [2.05, 4.69) is 45.5 Å². The molecular formula is C18H31BrN4O6. The van der Waals surface area contributed by atoms with Gasteiger partial charge in [-0.15, -0.1) is 0 Å². The first-order valence-electron chi connectivity index (χ1n) is 8.65. The monoisotopic (exact) mass is 478 g/mol. The van der Waals surface area contributed by atoms with Crippen LogP contribution in [0.25, 0.3) is 0 Å². The number of aromatic hydroxyl groups is 1. The van der Waals surface area contributed by atoms with Crippen LogP contribution in [0.4, 0.5) is 0 Å². The number of rotatable bonds is 7. The number of phenolic OH excluding ortho intramolecular Hbond substituents is 1. The number of aryl methyl sites for hydroxylation is 1. The van der Waals surface area contributed by atoms with Crippen molar-refractivity contribution in [1.29, 1.82) is 0 Å². The average Bonchev–Trinajstić information content (AvgIpc) is 2.63. The predicted octanol–water partition coefficient (Wildman–Crippen LogP) is 1.71. The van der Waals surface area contributed by atoms with E-state index in [1.54, 1.807) is 6.92 Å². The Labute approximate surface area is 178 Å². The fourth-order valence-corrected chi connectivity index (χ4v) is 1.96. The number of amidine groups is 1. The zero-order chi connectivity index (χ0) is 23.1. The van der Waals surface area contributed by atoms with E-state index >= 15 is 0 Å².